The molecule has 4 aromatic rings. The molecule has 1 aromatic heterocycles. The largest absolute Gasteiger partial charge is 0.416 e. The highest BCUT2D eigenvalue weighted by Crippen LogP contribution is 2.33. The van der Waals surface area contributed by atoms with Crippen LogP contribution in [0.5, 0.6) is 0 Å². The lowest BCUT2D eigenvalue weighted by molar-refractivity contribution is -0.137. The van der Waals surface area contributed by atoms with Gasteiger partial charge >= 0.3 is 12.2 Å². The number of nitrogens with one attached hydrogen (secondary N) is 1. The lowest BCUT2D eigenvalue weighted by atomic mass is 9.98. The Kier molecular flexibility index (Phi) is 5.98. The summed E-state index contributed by atoms with van der Waals surface area (Å²) in [7, 11) is 0. The third-order valence-corrected chi connectivity index (χ3v) is 5.94. The smallest absolute Gasteiger partial charge is 0.339 e. The molecule has 0 radical (unpaired) electrons. The Balaban J connectivity index is 1.25. The van der Waals surface area contributed by atoms with Crippen LogP contribution in [-0.2, 0) is 6.18 Å². The third kappa shape index (κ3) is 4.89. The van der Waals surface area contributed by atoms with Crippen molar-refractivity contribution in [2.75, 3.05) is 13.1 Å². The summed E-state index contributed by atoms with van der Waals surface area (Å²) in [6.07, 6.45) is -4.46. The van der Waals surface area contributed by atoms with Gasteiger partial charge in [-0.1, -0.05) is 78.0 Å². The molecule has 9 heteroatoms. The van der Waals surface area contributed by atoms with Crippen molar-refractivity contribution in [1.29, 1.82) is 0 Å². The Morgan fingerprint density at radius 2 is 1.57 bits per heavy atom. The van der Waals surface area contributed by atoms with Crippen LogP contribution in [0.2, 0.25) is 0 Å². The van der Waals surface area contributed by atoms with E-state index in [9.17, 15) is 18.0 Å². The minimum Gasteiger partial charge on any atom is -0.339 e. The molecule has 1 fully saturated rings. The fourth-order valence-corrected chi connectivity index (χ4v) is 4.02. The van der Waals surface area contributed by atoms with Gasteiger partial charge in [0.15, 0.2) is 0 Å². The van der Waals surface area contributed by atoms with Crippen LogP contribution in [0.15, 0.2) is 89.5 Å². The van der Waals surface area contributed by atoms with E-state index in [1.165, 1.54) is 12.1 Å². The van der Waals surface area contributed by atoms with E-state index in [1.807, 2.05) is 60.7 Å². The van der Waals surface area contributed by atoms with Gasteiger partial charge in [0.2, 0.25) is 11.7 Å². The number of urea groups is 1. The fraction of sp³-hybridized carbons (Fsp3) is 0.192. The number of aromatic nitrogens is 2. The first kappa shape index (κ1) is 22.6. The summed E-state index contributed by atoms with van der Waals surface area (Å²) in [5, 5.41) is 6.93. The molecule has 1 aliphatic rings. The van der Waals surface area contributed by atoms with Crippen molar-refractivity contribution in [2.24, 2.45) is 0 Å². The summed E-state index contributed by atoms with van der Waals surface area (Å²) in [6, 6.07) is 23.6. The molecular weight excluding hydrogens is 457 g/mol. The maximum atomic E-state index is 13.0. The predicted molar refractivity (Wildman–Crippen MR) is 122 cm³/mol. The standard InChI is InChI=1S/C26H21F3N4O2/c27-26(28,29)21-13-7-12-19(14-21)23-31-24(35-32-23)20-15-33(16-20)25(34)30-22(17-8-3-1-4-9-17)18-10-5-2-6-11-18/h1-14,20,22H,15-16H2,(H,30,34). The highest BCUT2D eigenvalue weighted by Gasteiger charge is 2.37. The minimum atomic E-state index is -4.46. The zero-order chi connectivity index (χ0) is 24.4. The number of rotatable bonds is 5. The molecule has 178 valence electrons. The van der Waals surface area contributed by atoms with E-state index >= 15 is 0 Å². The monoisotopic (exact) mass is 478 g/mol. The molecule has 1 saturated heterocycles. The molecule has 1 N–H and O–H groups in total. The minimum absolute atomic E-state index is 0.0854. The van der Waals surface area contributed by atoms with Crippen molar-refractivity contribution in [2.45, 2.75) is 18.1 Å². The van der Waals surface area contributed by atoms with E-state index < -0.39 is 11.7 Å². The molecule has 0 bridgehead atoms. The van der Waals surface area contributed by atoms with E-state index in [0.717, 1.165) is 23.3 Å². The van der Waals surface area contributed by atoms with E-state index in [0.29, 0.717) is 19.0 Å². The molecule has 0 saturated carbocycles. The second-order valence-corrected chi connectivity index (χ2v) is 8.34. The van der Waals surface area contributed by atoms with Crippen LogP contribution < -0.4 is 5.32 Å². The first-order valence-electron chi connectivity index (χ1n) is 11.0. The molecule has 6 nitrogen and oxygen atoms in total. The lowest BCUT2D eigenvalue weighted by Crippen LogP contribution is -2.53. The number of nitrogens with zero attached hydrogens (tertiary/aromatic N) is 3. The van der Waals surface area contributed by atoms with Crippen LogP contribution >= 0.6 is 0 Å². The highest BCUT2D eigenvalue weighted by atomic mass is 19.4. The van der Waals surface area contributed by atoms with Gasteiger partial charge in [-0.2, -0.15) is 18.2 Å². The maximum Gasteiger partial charge on any atom is 0.416 e. The Morgan fingerprint density at radius 1 is 0.943 bits per heavy atom. The molecule has 1 aliphatic heterocycles. The second-order valence-electron chi connectivity index (χ2n) is 8.34. The zero-order valence-electron chi connectivity index (χ0n) is 18.4. The van der Waals surface area contributed by atoms with Gasteiger partial charge in [0.25, 0.3) is 0 Å². The van der Waals surface area contributed by atoms with E-state index in [4.69, 9.17) is 4.52 Å². The fourth-order valence-electron chi connectivity index (χ4n) is 4.02. The summed E-state index contributed by atoms with van der Waals surface area (Å²) >= 11 is 0. The number of alkyl halides is 3. The normalized spacial score (nSPS) is 14.1. The van der Waals surface area contributed by atoms with Gasteiger partial charge in [0, 0.05) is 18.7 Å². The van der Waals surface area contributed by atoms with Crippen molar-refractivity contribution in [1.82, 2.24) is 20.4 Å². The molecule has 2 heterocycles. The molecule has 0 atom stereocenters. The van der Waals surface area contributed by atoms with E-state index in [1.54, 1.807) is 4.90 Å². The Bertz CT molecular complexity index is 1260. The average Bonchev–Trinajstić information content (AvgIpc) is 3.32. The number of halogens is 3. The van der Waals surface area contributed by atoms with Crippen molar-refractivity contribution in [3.63, 3.8) is 0 Å². The topological polar surface area (TPSA) is 71.3 Å². The molecule has 35 heavy (non-hydrogen) atoms. The average molecular weight is 478 g/mol. The number of carbonyl (C=O) groups excluding carboxylic acids is 1. The van der Waals surface area contributed by atoms with Gasteiger partial charge in [-0.3, -0.25) is 0 Å². The number of amides is 2. The number of likely N-dealkylation sites (tertiary alicyclic amines) is 1. The Labute approximate surface area is 199 Å². The quantitative estimate of drug-likeness (QED) is 0.402. The van der Waals surface area contributed by atoms with Crippen LogP contribution in [-0.4, -0.2) is 34.2 Å². The molecule has 0 aliphatic carbocycles. The van der Waals surface area contributed by atoms with Crippen LogP contribution in [0.1, 0.15) is 34.5 Å². The van der Waals surface area contributed by atoms with Crippen molar-refractivity contribution >= 4 is 6.03 Å². The van der Waals surface area contributed by atoms with Crippen LogP contribution in [0.4, 0.5) is 18.0 Å². The molecule has 0 spiro atoms. The number of hydrogen-bond acceptors (Lipinski definition) is 4. The molecular formula is C26H21F3N4O2. The predicted octanol–water partition coefficient (Wildman–Crippen LogP) is 5.65. The van der Waals surface area contributed by atoms with Crippen LogP contribution in [0.25, 0.3) is 11.4 Å². The summed E-state index contributed by atoms with van der Waals surface area (Å²) in [6.45, 7) is 0.735. The van der Waals surface area contributed by atoms with Crippen molar-refractivity contribution < 1.29 is 22.5 Å². The van der Waals surface area contributed by atoms with Gasteiger partial charge in [-0.15, -0.1) is 0 Å². The lowest BCUT2D eigenvalue weighted by Gasteiger charge is -2.38. The maximum absolute atomic E-state index is 13.0. The summed E-state index contributed by atoms with van der Waals surface area (Å²) in [5.41, 5.74) is 1.37. The summed E-state index contributed by atoms with van der Waals surface area (Å²) < 4.78 is 44.3. The zero-order valence-corrected chi connectivity index (χ0v) is 18.4. The van der Waals surface area contributed by atoms with Crippen molar-refractivity contribution in [3.8, 4) is 11.4 Å². The summed E-state index contributed by atoms with van der Waals surface area (Å²) in [4.78, 5) is 18.9. The van der Waals surface area contributed by atoms with E-state index in [2.05, 4.69) is 15.5 Å². The molecule has 0 unspecified atom stereocenters. The first-order chi connectivity index (χ1) is 16.9. The molecule has 5 rings (SSSR count). The van der Waals surface area contributed by atoms with Gasteiger partial charge < -0.3 is 14.7 Å². The van der Waals surface area contributed by atoms with Gasteiger partial charge in [0.1, 0.15) is 0 Å². The third-order valence-electron chi connectivity index (χ3n) is 5.94. The summed E-state index contributed by atoms with van der Waals surface area (Å²) in [5.74, 6) is 0.200. The highest BCUT2D eigenvalue weighted by molar-refractivity contribution is 5.76. The Morgan fingerprint density at radius 3 is 2.17 bits per heavy atom. The first-order valence-corrected chi connectivity index (χ1v) is 11.0. The van der Waals surface area contributed by atoms with Crippen LogP contribution in [0.3, 0.4) is 0 Å². The number of carbonyl (C=O) groups is 1. The Hall–Kier alpha value is -4.14. The van der Waals surface area contributed by atoms with Crippen molar-refractivity contribution in [3.05, 3.63) is 108 Å². The van der Waals surface area contributed by atoms with E-state index in [-0.39, 0.29) is 29.4 Å². The molecule has 3 aromatic carbocycles. The van der Waals surface area contributed by atoms with Gasteiger partial charge in [-0.05, 0) is 23.3 Å². The second kappa shape index (κ2) is 9.25. The number of hydrogen-bond donors (Lipinski definition) is 1. The molecule has 2 amide bonds. The van der Waals surface area contributed by atoms with Crippen LogP contribution in [0, 0.1) is 0 Å². The van der Waals surface area contributed by atoms with Gasteiger partial charge in [-0.25, -0.2) is 4.79 Å². The number of benzene rings is 3. The SMILES string of the molecule is O=C(NC(c1ccccc1)c1ccccc1)N1CC(c2nc(-c3cccc(C(F)(F)F)c3)no2)C1. The van der Waals surface area contributed by atoms with Gasteiger partial charge in [0.05, 0.1) is 17.5 Å².